The number of amides is 1. The molecule has 0 aliphatic carbocycles. The number of nitrogens with one attached hydrogen (secondary N) is 1. The Hall–Kier alpha value is -2.18. The lowest BCUT2D eigenvalue weighted by Crippen LogP contribution is -2.47. The number of carboxylic acid groups (broad SMARTS) is 1. The fourth-order valence-electron chi connectivity index (χ4n) is 1.64. The van der Waals surface area contributed by atoms with Crippen molar-refractivity contribution in [3.63, 3.8) is 0 Å². The van der Waals surface area contributed by atoms with Gasteiger partial charge in [-0.05, 0) is 31.5 Å². The van der Waals surface area contributed by atoms with E-state index in [1.165, 1.54) is 6.92 Å². The molecule has 0 heterocycles. The van der Waals surface area contributed by atoms with E-state index in [-0.39, 0.29) is 0 Å². The van der Waals surface area contributed by atoms with Crippen molar-refractivity contribution in [1.82, 2.24) is 5.32 Å². The van der Waals surface area contributed by atoms with Crippen molar-refractivity contribution in [2.75, 3.05) is 0 Å². The van der Waals surface area contributed by atoms with Crippen molar-refractivity contribution in [2.24, 2.45) is 0 Å². The van der Waals surface area contributed by atoms with Gasteiger partial charge in [0.25, 0.3) is 5.91 Å². The highest BCUT2D eigenvalue weighted by Gasteiger charge is 2.26. The number of halogens is 2. The number of alkyl halides is 2. The van der Waals surface area contributed by atoms with Crippen LogP contribution in [0.5, 0.6) is 5.75 Å². The number of ether oxygens (including phenoxy) is 1. The summed E-state index contributed by atoms with van der Waals surface area (Å²) in [6, 6.07) is 5.30. The lowest BCUT2D eigenvalue weighted by Gasteiger charge is -2.18. The first-order valence-electron chi connectivity index (χ1n) is 6.34. The molecule has 0 bridgehead atoms. The number of aryl methyl sites for hydroxylation is 1. The fourth-order valence-corrected chi connectivity index (χ4v) is 1.64. The third-order valence-corrected chi connectivity index (χ3v) is 2.70. The van der Waals surface area contributed by atoms with Gasteiger partial charge in [-0.1, -0.05) is 12.1 Å². The first-order valence-corrected chi connectivity index (χ1v) is 6.34. The molecule has 2 atom stereocenters. The molecule has 0 spiro atoms. The minimum atomic E-state index is -2.82. The summed E-state index contributed by atoms with van der Waals surface area (Å²) in [4.78, 5) is 22.6. The molecule has 0 saturated carbocycles. The van der Waals surface area contributed by atoms with Crippen LogP contribution in [0.15, 0.2) is 24.3 Å². The van der Waals surface area contributed by atoms with E-state index in [9.17, 15) is 18.4 Å². The van der Waals surface area contributed by atoms with Crippen LogP contribution in [0.1, 0.15) is 18.9 Å². The number of carboxylic acids is 1. The van der Waals surface area contributed by atoms with Gasteiger partial charge >= 0.3 is 5.97 Å². The van der Waals surface area contributed by atoms with E-state index in [0.717, 1.165) is 5.56 Å². The van der Waals surface area contributed by atoms with Gasteiger partial charge in [-0.15, -0.1) is 0 Å². The van der Waals surface area contributed by atoms with E-state index in [0.29, 0.717) is 5.75 Å². The number of carbonyl (C=O) groups is 2. The molecule has 1 aromatic carbocycles. The summed E-state index contributed by atoms with van der Waals surface area (Å²) in [5, 5.41) is 10.8. The van der Waals surface area contributed by atoms with Gasteiger partial charge in [0.15, 0.2) is 6.10 Å². The Morgan fingerprint density at radius 2 is 2.05 bits per heavy atom. The summed E-state index contributed by atoms with van der Waals surface area (Å²) in [6.07, 6.45) is -4.76. The average molecular weight is 301 g/mol. The SMILES string of the molecule is Cc1cccc(OC(C)C(=O)NC(CC(F)F)C(=O)O)c1. The van der Waals surface area contributed by atoms with Gasteiger partial charge < -0.3 is 15.2 Å². The second-order valence-electron chi connectivity index (χ2n) is 4.60. The van der Waals surface area contributed by atoms with Gasteiger partial charge in [-0.3, -0.25) is 4.79 Å². The third-order valence-electron chi connectivity index (χ3n) is 2.70. The zero-order valence-corrected chi connectivity index (χ0v) is 11.7. The van der Waals surface area contributed by atoms with Crippen molar-refractivity contribution < 1.29 is 28.2 Å². The third kappa shape index (κ3) is 5.76. The summed E-state index contributed by atoms with van der Waals surface area (Å²) >= 11 is 0. The zero-order valence-electron chi connectivity index (χ0n) is 11.7. The molecule has 116 valence electrons. The number of benzene rings is 1. The molecule has 0 radical (unpaired) electrons. The Morgan fingerprint density at radius 3 is 2.57 bits per heavy atom. The summed E-state index contributed by atoms with van der Waals surface area (Å²) < 4.78 is 29.8. The van der Waals surface area contributed by atoms with Crippen LogP contribution in [0.4, 0.5) is 8.78 Å². The van der Waals surface area contributed by atoms with Crippen LogP contribution >= 0.6 is 0 Å². The maximum Gasteiger partial charge on any atom is 0.326 e. The summed E-state index contributed by atoms with van der Waals surface area (Å²) in [5.74, 6) is -1.82. The molecule has 1 amide bonds. The van der Waals surface area contributed by atoms with E-state index >= 15 is 0 Å². The van der Waals surface area contributed by atoms with E-state index in [4.69, 9.17) is 9.84 Å². The number of carbonyl (C=O) groups excluding carboxylic acids is 1. The maximum absolute atomic E-state index is 12.2. The van der Waals surface area contributed by atoms with Crippen molar-refractivity contribution in [3.05, 3.63) is 29.8 Å². The van der Waals surface area contributed by atoms with E-state index < -0.39 is 36.9 Å². The standard InChI is InChI=1S/C14H17F2NO4/c1-8-4-3-5-10(6-8)21-9(2)13(18)17-11(14(19)20)7-12(15)16/h3-6,9,11-12H,7H2,1-2H3,(H,17,18)(H,19,20). The minimum absolute atomic E-state index is 0.443. The lowest BCUT2D eigenvalue weighted by molar-refractivity contribution is -0.144. The second-order valence-corrected chi connectivity index (χ2v) is 4.60. The zero-order chi connectivity index (χ0) is 16.0. The molecule has 2 unspecified atom stereocenters. The molecular weight excluding hydrogens is 284 g/mol. The summed E-state index contributed by atoms with van der Waals surface area (Å²) in [5.41, 5.74) is 0.932. The molecule has 0 saturated heterocycles. The lowest BCUT2D eigenvalue weighted by atomic mass is 10.2. The second kappa shape index (κ2) is 7.56. The smallest absolute Gasteiger partial charge is 0.326 e. The van der Waals surface area contributed by atoms with Crippen LogP contribution in [-0.4, -0.2) is 35.6 Å². The Morgan fingerprint density at radius 1 is 1.38 bits per heavy atom. The highest BCUT2D eigenvalue weighted by molar-refractivity contribution is 5.86. The summed E-state index contributed by atoms with van der Waals surface area (Å²) in [7, 11) is 0. The molecule has 0 aliphatic heterocycles. The first-order chi connectivity index (χ1) is 9.79. The number of hydrogen-bond donors (Lipinski definition) is 2. The molecule has 0 aromatic heterocycles. The fraction of sp³-hybridized carbons (Fsp3) is 0.429. The normalized spacial score (nSPS) is 13.6. The van der Waals surface area contributed by atoms with E-state index in [1.54, 1.807) is 18.2 Å². The highest BCUT2D eigenvalue weighted by Crippen LogP contribution is 2.14. The Labute approximate surface area is 120 Å². The average Bonchev–Trinajstić information content (AvgIpc) is 2.37. The molecule has 2 N–H and O–H groups in total. The Balaban J connectivity index is 2.62. The molecule has 0 aliphatic rings. The van der Waals surface area contributed by atoms with Crippen molar-refractivity contribution in [3.8, 4) is 5.75 Å². The van der Waals surface area contributed by atoms with E-state index in [1.807, 2.05) is 18.3 Å². The van der Waals surface area contributed by atoms with Crippen molar-refractivity contribution in [2.45, 2.75) is 38.8 Å². The number of rotatable bonds is 7. The molecule has 7 heteroatoms. The van der Waals surface area contributed by atoms with Crippen LogP contribution in [-0.2, 0) is 9.59 Å². The van der Waals surface area contributed by atoms with Crippen molar-refractivity contribution in [1.29, 1.82) is 0 Å². The van der Waals surface area contributed by atoms with Gasteiger partial charge in [0.2, 0.25) is 6.43 Å². The molecule has 0 fully saturated rings. The molecular formula is C14H17F2NO4. The largest absolute Gasteiger partial charge is 0.481 e. The molecule has 1 aromatic rings. The van der Waals surface area contributed by atoms with Crippen LogP contribution in [0.3, 0.4) is 0 Å². The quantitative estimate of drug-likeness (QED) is 0.807. The van der Waals surface area contributed by atoms with Crippen LogP contribution in [0.2, 0.25) is 0 Å². The van der Waals surface area contributed by atoms with Gasteiger partial charge in [0.05, 0.1) is 0 Å². The molecule has 21 heavy (non-hydrogen) atoms. The molecule has 5 nitrogen and oxygen atoms in total. The number of hydrogen-bond acceptors (Lipinski definition) is 3. The Bertz CT molecular complexity index is 508. The van der Waals surface area contributed by atoms with Gasteiger partial charge in [-0.2, -0.15) is 0 Å². The monoisotopic (exact) mass is 301 g/mol. The minimum Gasteiger partial charge on any atom is -0.481 e. The van der Waals surface area contributed by atoms with Crippen LogP contribution in [0.25, 0.3) is 0 Å². The van der Waals surface area contributed by atoms with Crippen LogP contribution in [0, 0.1) is 6.92 Å². The van der Waals surface area contributed by atoms with Gasteiger partial charge in [-0.25, -0.2) is 13.6 Å². The number of aliphatic carboxylic acids is 1. The van der Waals surface area contributed by atoms with Crippen molar-refractivity contribution >= 4 is 11.9 Å². The van der Waals surface area contributed by atoms with E-state index in [2.05, 4.69) is 0 Å². The maximum atomic E-state index is 12.2. The predicted octanol–water partition coefficient (Wildman–Crippen LogP) is 1.99. The van der Waals surface area contributed by atoms with Gasteiger partial charge in [0, 0.05) is 6.42 Å². The predicted molar refractivity (Wildman–Crippen MR) is 71.5 cm³/mol. The molecule has 1 rings (SSSR count). The first kappa shape index (κ1) is 16.9. The topological polar surface area (TPSA) is 75.6 Å². The van der Waals surface area contributed by atoms with Gasteiger partial charge in [0.1, 0.15) is 11.8 Å². The Kier molecular flexibility index (Phi) is 6.08. The summed E-state index contributed by atoms with van der Waals surface area (Å²) in [6.45, 7) is 3.26. The van der Waals surface area contributed by atoms with Crippen LogP contribution < -0.4 is 10.1 Å². The highest BCUT2D eigenvalue weighted by atomic mass is 19.3.